The maximum absolute atomic E-state index is 13.1. The van der Waals surface area contributed by atoms with E-state index in [0.29, 0.717) is 36.3 Å². The van der Waals surface area contributed by atoms with Gasteiger partial charge in [0.25, 0.3) is 0 Å². The highest BCUT2D eigenvalue weighted by Gasteiger charge is 2.32. The number of para-hydroxylation sites is 2. The van der Waals surface area contributed by atoms with Gasteiger partial charge in [-0.1, -0.05) is 29.4 Å². The van der Waals surface area contributed by atoms with Crippen molar-refractivity contribution in [1.82, 2.24) is 15.0 Å². The van der Waals surface area contributed by atoms with Crippen LogP contribution in [-0.2, 0) is 0 Å². The highest BCUT2D eigenvalue weighted by Crippen LogP contribution is 2.33. The fourth-order valence-corrected chi connectivity index (χ4v) is 3.72. The Labute approximate surface area is 181 Å². The molecule has 0 unspecified atom stereocenters. The van der Waals surface area contributed by atoms with Crippen LogP contribution in [0.5, 0.6) is 11.5 Å². The Morgan fingerprint density at radius 1 is 1.23 bits per heavy atom. The van der Waals surface area contributed by atoms with Crippen LogP contribution in [0.15, 0.2) is 53.1 Å². The largest absolute Gasteiger partial charge is 0.497 e. The van der Waals surface area contributed by atoms with E-state index in [4.69, 9.17) is 14.0 Å². The van der Waals surface area contributed by atoms with Crippen LogP contribution in [0.25, 0.3) is 11.4 Å². The highest BCUT2D eigenvalue weighted by molar-refractivity contribution is 5.91. The first-order valence-corrected chi connectivity index (χ1v) is 10.5. The summed E-state index contributed by atoms with van der Waals surface area (Å²) in [7, 11) is 1.61. The number of benzene rings is 2. The fourth-order valence-electron chi connectivity index (χ4n) is 3.72. The number of methoxy groups -OCH3 is 1. The van der Waals surface area contributed by atoms with Gasteiger partial charge in [-0.15, -0.1) is 0 Å². The molecule has 2 aromatic carbocycles. The van der Waals surface area contributed by atoms with Crippen LogP contribution in [0.4, 0.5) is 10.5 Å². The van der Waals surface area contributed by atoms with E-state index in [1.54, 1.807) is 12.0 Å². The molecule has 0 radical (unpaired) electrons. The lowest BCUT2D eigenvalue weighted by Crippen LogP contribution is -2.41. The minimum absolute atomic E-state index is 0.210. The van der Waals surface area contributed by atoms with Gasteiger partial charge in [0.2, 0.25) is 11.7 Å². The molecule has 0 aliphatic carbocycles. The first-order valence-electron chi connectivity index (χ1n) is 10.5. The number of amides is 2. The van der Waals surface area contributed by atoms with Gasteiger partial charge >= 0.3 is 6.03 Å². The topological polar surface area (TPSA) is 89.7 Å². The minimum atomic E-state index is -0.278. The van der Waals surface area contributed by atoms with Crippen molar-refractivity contribution in [3.8, 4) is 22.9 Å². The van der Waals surface area contributed by atoms with E-state index in [-0.39, 0.29) is 12.1 Å². The summed E-state index contributed by atoms with van der Waals surface area (Å²) in [6.45, 7) is 3.05. The van der Waals surface area contributed by atoms with E-state index in [2.05, 4.69) is 15.5 Å². The normalized spacial score (nSPS) is 16.1. The Balaban J connectivity index is 1.54. The highest BCUT2D eigenvalue weighted by atomic mass is 16.5. The molecule has 8 heteroatoms. The van der Waals surface area contributed by atoms with Crippen molar-refractivity contribution in [3.63, 3.8) is 0 Å². The smallest absolute Gasteiger partial charge is 0.322 e. The second-order valence-electron chi connectivity index (χ2n) is 7.25. The summed E-state index contributed by atoms with van der Waals surface area (Å²) in [5.74, 6) is 2.27. The zero-order valence-electron chi connectivity index (χ0n) is 17.7. The van der Waals surface area contributed by atoms with Gasteiger partial charge in [0, 0.05) is 12.1 Å². The zero-order valence-corrected chi connectivity index (χ0v) is 17.7. The molecule has 1 saturated heterocycles. The lowest BCUT2D eigenvalue weighted by Gasteiger charge is -2.33. The van der Waals surface area contributed by atoms with Crippen LogP contribution >= 0.6 is 0 Å². The number of rotatable bonds is 6. The number of ether oxygens (including phenoxy) is 2. The molecule has 1 fully saturated rings. The lowest BCUT2D eigenvalue weighted by atomic mass is 10.0. The van der Waals surface area contributed by atoms with E-state index in [9.17, 15) is 4.79 Å². The van der Waals surface area contributed by atoms with Crippen molar-refractivity contribution >= 4 is 11.7 Å². The standard InChI is InChI=1S/C23H26N4O4/c1-3-30-20-13-5-4-11-18(20)24-23(28)27-14-7-6-12-19(27)22-25-21(26-31-22)16-9-8-10-17(15-16)29-2/h4-5,8-11,13,15,19H,3,6-7,12,14H2,1-2H3,(H,24,28)/t19-/m1/s1. The molecule has 1 aliphatic heterocycles. The Bertz CT molecular complexity index is 1040. The second kappa shape index (κ2) is 9.51. The number of nitrogens with zero attached hydrogens (tertiary/aromatic N) is 3. The number of nitrogens with one attached hydrogen (secondary N) is 1. The van der Waals surface area contributed by atoms with Crippen molar-refractivity contribution in [1.29, 1.82) is 0 Å². The molecular formula is C23H26N4O4. The van der Waals surface area contributed by atoms with Gasteiger partial charge < -0.3 is 24.2 Å². The Morgan fingerprint density at radius 2 is 2.10 bits per heavy atom. The Morgan fingerprint density at radius 3 is 2.94 bits per heavy atom. The van der Waals surface area contributed by atoms with E-state index in [0.717, 1.165) is 30.6 Å². The predicted molar refractivity (Wildman–Crippen MR) is 116 cm³/mol. The summed E-state index contributed by atoms with van der Waals surface area (Å²) in [6, 6.07) is 14.4. The third-order valence-corrected chi connectivity index (χ3v) is 5.25. The maximum Gasteiger partial charge on any atom is 0.322 e. The molecule has 31 heavy (non-hydrogen) atoms. The lowest BCUT2D eigenvalue weighted by molar-refractivity contribution is 0.142. The van der Waals surface area contributed by atoms with Gasteiger partial charge in [-0.05, 0) is 50.5 Å². The summed E-state index contributed by atoms with van der Waals surface area (Å²) in [5.41, 5.74) is 1.44. The molecule has 0 bridgehead atoms. The van der Waals surface area contributed by atoms with E-state index < -0.39 is 0 Å². The average Bonchev–Trinajstić information content (AvgIpc) is 3.31. The third-order valence-electron chi connectivity index (χ3n) is 5.25. The van der Waals surface area contributed by atoms with E-state index >= 15 is 0 Å². The molecule has 0 spiro atoms. The molecule has 1 N–H and O–H groups in total. The predicted octanol–water partition coefficient (Wildman–Crippen LogP) is 4.90. The van der Waals surface area contributed by atoms with Gasteiger partial charge in [0.15, 0.2) is 0 Å². The van der Waals surface area contributed by atoms with Crippen molar-refractivity contribution in [2.24, 2.45) is 0 Å². The molecule has 2 heterocycles. The molecule has 162 valence electrons. The van der Waals surface area contributed by atoms with E-state index in [1.165, 1.54) is 0 Å². The van der Waals surface area contributed by atoms with Crippen molar-refractivity contribution in [2.75, 3.05) is 25.6 Å². The number of likely N-dealkylation sites (tertiary alicyclic amines) is 1. The second-order valence-corrected chi connectivity index (χ2v) is 7.25. The summed E-state index contributed by atoms with van der Waals surface area (Å²) in [6.07, 6.45) is 2.68. The van der Waals surface area contributed by atoms with E-state index in [1.807, 2.05) is 55.5 Å². The van der Waals surface area contributed by atoms with Crippen LogP contribution in [0.2, 0.25) is 0 Å². The third kappa shape index (κ3) is 4.63. The molecule has 2 amide bonds. The molecule has 0 saturated carbocycles. The molecule has 1 atom stereocenters. The van der Waals surface area contributed by atoms with Gasteiger partial charge in [-0.2, -0.15) is 4.98 Å². The van der Waals surface area contributed by atoms with Crippen LogP contribution in [0.3, 0.4) is 0 Å². The number of hydrogen-bond acceptors (Lipinski definition) is 6. The van der Waals surface area contributed by atoms with Crippen LogP contribution in [0.1, 0.15) is 38.1 Å². The quantitative estimate of drug-likeness (QED) is 0.607. The molecule has 3 aromatic rings. The number of hydrogen-bond donors (Lipinski definition) is 1. The first kappa shape index (κ1) is 20.7. The maximum atomic E-state index is 13.1. The number of carbonyl (C=O) groups is 1. The summed E-state index contributed by atoms with van der Waals surface area (Å²) in [4.78, 5) is 19.5. The molecule has 4 rings (SSSR count). The number of carbonyl (C=O) groups excluding carboxylic acids is 1. The SMILES string of the molecule is CCOc1ccccc1NC(=O)N1CCCC[C@@H]1c1nc(-c2cccc(OC)c2)no1. The molecule has 1 aromatic heterocycles. The summed E-state index contributed by atoms with van der Waals surface area (Å²) < 4.78 is 16.5. The number of aromatic nitrogens is 2. The Kier molecular flexibility index (Phi) is 6.35. The first-order chi connectivity index (χ1) is 15.2. The Hall–Kier alpha value is -3.55. The van der Waals surface area contributed by atoms with Gasteiger partial charge in [-0.3, -0.25) is 0 Å². The van der Waals surface area contributed by atoms with Gasteiger partial charge in [0.1, 0.15) is 17.5 Å². The van der Waals surface area contributed by atoms with Crippen molar-refractivity contribution in [3.05, 3.63) is 54.4 Å². The fraction of sp³-hybridized carbons (Fsp3) is 0.348. The van der Waals surface area contributed by atoms with Crippen molar-refractivity contribution in [2.45, 2.75) is 32.2 Å². The average molecular weight is 422 g/mol. The summed E-state index contributed by atoms with van der Waals surface area (Å²) in [5, 5.41) is 7.11. The van der Waals surface area contributed by atoms with Gasteiger partial charge in [0.05, 0.1) is 19.4 Å². The van der Waals surface area contributed by atoms with Crippen LogP contribution in [0, 0.1) is 0 Å². The zero-order chi connectivity index (χ0) is 21.6. The monoisotopic (exact) mass is 422 g/mol. The molecule has 1 aliphatic rings. The van der Waals surface area contributed by atoms with Crippen LogP contribution < -0.4 is 14.8 Å². The molecule has 8 nitrogen and oxygen atoms in total. The number of urea groups is 1. The van der Waals surface area contributed by atoms with Crippen LogP contribution in [-0.4, -0.2) is 41.3 Å². The van der Waals surface area contributed by atoms with Crippen molar-refractivity contribution < 1.29 is 18.8 Å². The summed E-state index contributed by atoms with van der Waals surface area (Å²) >= 11 is 0. The number of piperidine rings is 1. The minimum Gasteiger partial charge on any atom is -0.497 e. The van der Waals surface area contributed by atoms with Gasteiger partial charge in [-0.25, -0.2) is 4.79 Å². The number of anilines is 1. The molecular weight excluding hydrogens is 396 g/mol.